The number of oxazole rings is 1. The van der Waals surface area contributed by atoms with Crippen molar-refractivity contribution in [3.8, 4) is 22.9 Å². The van der Waals surface area contributed by atoms with Crippen molar-refractivity contribution in [2.75, 3.05) is 25.5 Å². The molecule has 0 spiro atoms. The zero-order chi connectivity index (χ0) is 27.9. The number of carbonyl (C=O) groups excluding carboxylic acids is 1. The van der Waals surface area contributed by atoms with E-state index in [2.05, 4.69) is 25.2 Å². The lowest BCUT2D eigenvalue weighted by molar-refractivity contribution is -0.142. The third kappa shape index (κ3) is 7.68. The minimum atomic E-state index is -0.151. The highest BCUT2D eigenvalue weighted by Gasteiger charge is 2.22. The molecule has 12 heteroatoms. The molecule has 0 aliphatic carbocycles. The molecule has 1 fully saturated rings. The predicted octanol–water partition coefficient (Wildman–Crippen LogP) is 6.01. The number of ether oxygens (including phenoxy) is 2. The smallest absolute Gasteiger partial charge is 0.305 e. The Kier molecular flexibility index (Phi) is 9.10. The molecular formula is C28H28Cl2N6O4. The summed E-state index contributed by atoms with van der Waals surface area (Å²) in [4.78, 5) is 31.4. The molecular weight excluding hydrogens is 555 g/mol. The fourth-order valence-electron chi connectivity index (χ4n) is 4.55. The van der Waals surface area contributed by atoms with Crippen LogP contribution in [0, 0.1) is 5.92 Å². The Labute approximate surface area is 241 Å². The summed E-state index contributed by atoms with van der Waals surface area (Å²) in [6.07, 6.45) is 8.57. The molecule has 1 aromatic carbocycles. The number of likely N-dealkylation sites (tertiary alicyclic amines) is 1. The molecule has 0 amide bonds. The number of hydrogen-bond donors (Lipinski definition) is 1. The number of halogens is 2. The van der Waals surface area contributed by atoms with Crippen LogP contribution in [-0.4, -0.2) is 51.0 Å². The second-order valence-electron chi connectivity index (χ2n) is 9.48. The second kappa shape index (κ2) is 13.1. The van der Waals surface area contributed by atoms with Crippen molar-refractivity contribution in [1.82, 2.24) is 24.8 Å². The van der Waals surface area contributed by atoms with E-state index in [1.165, 1.54) is 13.4 Å². The molecule has 0 radical (unpaired) electrons. The number of rotatable bonds is 10. The van der Waals surface area contributed by atoms with Crippen molar-refractivity contribution >= 4 is 35.1 Å². The van der Waals surface area contributed by atoms with E-state index in [1.807, 2.05) is 24.3 Å². The third-order valence-corrected chi connectivity index (χ3v) is 6.98. The van der Waals surface area contributed by atoms with Gasteiger partial charge in [0.1, 0.15) is 6.26 Å². The number of esters is 1. The van der Waals surface area contributed by atoms with Crippen LogP contribution >= 0.6 is 23.2 Å². The van der Waals surface area contributed by atoms with E-state index in [0.29, 0.717) is 64.6 Å². The van der Waals surface area contributed by atoms with Gasteiger partial charge in [-0.2, -0.15) is 0 Å². The van der Waals surface area contributed by atoms with Crippen LogP contribution < -0.4 is 10.1 Å². The average molecular weight is 583 g/mol. The zero-order valence-corrected chi connectivity index (χ0v) is 23.4. The Bertz CT molecular complexity index is 1410. The van der Waals surface area contributed by atoms with Gasteiger partial charge in [-0.15, -0.1) is 0 Å². The minimum absolute atomic E-state index is 0.151. The SMILES string of the molecule is COC(=O)CC1CCN(Cc2cc(Oc3cnc(NCc4ncco4)nc3)nc(-c3cc(Cl)cc(Cl)c3)c2)CC1. The van der Waals surface area contributed by atoms with Gasteiger partial charge in [-0.25, -0.2) is 19.9 Å². The highest BCUT2D eigenvalue weighted by molar-refractivity contribution is 6.35. The number of pyridine rings is 1. The first-order valence-corrected chi connectivity index (χ1v) is 13.6. The Morgan fingerprint density at radius 1 is 1.07 bits per heavy atom. The quantitative estimate of drug-likeness (QED) is 0.223. The average Bonchev–Trinajstić information content (AvgIpc) is 3.47. The van der Waals surface area contributed by atoms with Crippen LogP contribution in [0.1, 0.15) is 30.7 Å². The molecule has 0 bridgehead atoms. The van der Waals surface area contributed by atoms with Crippen LogP contribution in [0.25, 0.3) is 11.3 Å². The topological polar surface area (TPSA) is 116 Å². The van der Waals surface area contributed by atoms with Gasteiger partial charge in [0.05, 0.1) is 37.9 Å². The summed E-state index contributed by atoms with van der Waals surface area (Å²) in [6.45, 7) is 2.83. The molecule has 10 nitrogen and oxygen atoms in total. The molecule has 1 N–H and O–H groups in total. The molecule has 4 heterocycles. The molecule has 1 aliphatic heterocycles. The molecule has 1 aliphatic rings. The van der Waals surface area contributed by atoms with E-state index in [0.717, 1.165) is 37.1 Å². The summed E-state index contributed by atoms with van der Waals surface area (Å²) in [5.74, 6) is 1.97. The number of aromatic nitrogens is 4. The van der Waals surface area contributed by atoms with Gasteiger partial charge >= 0.3 is 5.97 Å². The number of nitrogens with one attached hydrogen (secondary N) is 1. The minimum Gasteiger partial charge on any atom is -0.469 e. The lowest BCUT2D eigenvalue weighted by atomic mass is 9.93. The molecule has 40 heavy (non-hydrogen) atoms. The zero-order valence-electron chi connectivity index (χ0n) is 21.8. The maximum atomic E-state index is 11.7. The van der Waals surface area contributed by atoms with Crippen molar-refractivity contribution in [2.24, 2.45) is 5.92 Å². The molecule has 0 unspecified atom stereocenters. The highest BCUT2D eigenvalue weighted by Crippen LogP contribution is 2.31. The third-order valence-electron chi connectivity index (χ3n) is 6.55. The molecule has 208 valence electrons. The summed E-state index contributed by atoms with van der Waals surface area (Å²) >= 11 is 12.6. The van der Waals surface area contributed by atoms with Gasteiger partial charge in [-0.1, -0.05) is 23.2 Å². The number of nitrogens with zero attached hydrogens (tertiary/aromatic N) is 5. The molecule has 4 aromatic rings. The number of carbonyl (C=O) groups is 1. The number of hydrogen-bond acceptors (Lipinski definition) is 10. The van der Waals surface area contributed by atoms with Crippen LogP contribution in [0.15, 0.2) is 59.6 Å². The first kappa shape index (κ1) is 27.8. The van der Waals surface area contributed by atoms with E-state index in [4.69, 9.17) is 42.1 Å². The first-order chi connectivity index (χ1) is 19.4. The summed E-state index contributed by atoms with van der Waals surface area (Å²) in [7, 11) is 1.43. The molecule has 1 saturated heterocycles. The molecule has 0 atom stereocenters. The van der Waals surface area contributed by atoms with E-state index in [9.17, 15) is 4.79 Å². The number of methoxy groups -OCH3 is 1. The number of piperidine rings is 1. The maximum Gasteiger partial charge on any atom is 0.305 e. The highest BCUT2D eigenvalue weighted by atomic mass is 35.5. The summed E-state index contributed by atoms with van der Waals surface area (Å²) < 4.78 is 16.1. The predicted molar refractivity (Wildman–Crippen MR) is 150 cm³/mol. The van der Waals surface area contributed by atoms with Gasteiger partial charge in [0, 0.05) is 34.6 Å². The van der Waals surface area contributed by atoms with Crippen molar-refractivity contribution in [2.45, 2.75) is 32.4 Å². The fraction of sp³-hybridized carbons (Fsp3) is 0.321. The lowest BCUT2D eigenvalue weighted by Gasteiger charge is -2.31. The maximum absolute atomic E-state index is 11.7. The van der Waals surface area contributed by atoms with Gasteiger partial charge in [0.15, 0.2) is 5.75 Å². The summed E-state index contributed by atoms with van der Waals surface area (Å²) in [6, 6.07) is 9.24. The lowest BCUT2D eigenvalue weighted by Crippen LogP contribution is -2.34. The van der Waals surface area contributed by atoms with E-state index < -0.39 is 0 Å². The Balaban J connectivity index is 1.31. The van der Waals surface area contributed by atoms with E-state index in [-0.39, 0.29) is 5.97 Å². The summed E-state index contributed by atoms with van der Waals surface area (Å²) in [5, 5.41) is 4.08. The van der Waals surface area contributed by atoms with Gasteiger partial charge in [-0.3, -0.25) is 9.69 Å². The second-order valence-corrected chi connectivity index (χ2v) is 10.4. The first-order valence-electron chi connectivity index (χ1n) is 12.8. The van der Waals surface area contributed by atoms with E-state index >= 15 is 0 Å². The van der Waals surface area contributed by atoms with Gasteiger partial charge in [0.25, 0.3) is 0 Å². The van der Waals surface area contributed by atoms with Gasteiger partial charge in [0.2, 0.25) is 17.7 Å². The molecule has 0 saturated carbocycles. The van der Waals surface area contributed by atoms with Crippen molar-refractivity contribution in [3.63, 3.8) is 0 Å². The molecule has 3 aromatic heterocycles. The Morgan fingerprint density at radius 3 is 2.50 bits per heavy atom. The summed E-state index contributed by atoms with van der Waals surface area (Å²) in [5.41, 5.74) is 2.48. The van der Waals surface area contributed by atoms with Crippen LogP contribution in [0.3, 0.4) is 0 Å². The van der Waals surface area contributed by atoms with Crippen molar-refractivity contribution in [1.29, 1.82) is 0 Å². The van der Waals surface area contributed by atoms with Crippen LogP contribution in [-0.2, 0) is 22.6 Å². The number of benzene rings is 1. The van der Waals surface area contributed by atoms with Crippen LogP contribution in [0.4, 0.5) is 5.95 Å². The monoisotopic (exact) mass is 582 g/mol. The molecule has 5 rings (SSSR count). The Morgan fingerprint density at radius 2 is 1.82 bits per heavy atom. The van der Waals surface area contributed by atoms with Gasteiger partial charge < -0.3 is 19.2 Å². The van der Waals surface area contributed by atoms with Crippen molar-refractivity contribution < 1.29 is 18.7 Å². The van der Waals surface area contributed by atoms with Crippen molar-refractivity contribution in [3.05, 3.63) is 76.7 Å². The largest absolute Gasteiger partial charge is 0.469 e. The normalized spacial score (nSPS) is 14.2. The fourth-order valence-corrected chi connectivity index (χ4v) is 5.08. The van der Waals surface area contributed by atoms with E-state index in [1.54, 1.807) is 24.7 Å². The van der Waals surface area contributed by atoms with Gasteiger partial charge in [-0.05, 0) is 61.7 Å². The number of anilines is 1. The van der Waals surface area contributed by atoms with Crippen LogP contribution in [0.2, 0.25) is 10.0 Å². The van der Waals surface area contributed by atoms with Crippen LogP contribution in [0.5, 0.6) is 11.6 Å². The Hall–Kier alpha value is -3.73. The standard InChI is InChI=1S/C28H28Cl2N6O4/c1-38-27(37)10-18-2-5-36(6-3-18)17-19-8-24(20-11-21(29)13-22(30)12-20)35-25(9-19)40-23-14-32-28(33-15-23)34-16-26-31-4-7-39-26/h4,7-9,11-15,18H,2-3,5-6,10,16-17H2,1H3,(H,32,33,34).